The van der Waals surface area contributed by atoms with Gasteiger partial charge in [-0.1, -0.05) is 0 Å². The molecule has 3 rings (SSSR count). The number of nitrogens with zero attached hydrogens (tertiary/aromatic N) is 2. The average molecular weight is 520 g/mol. The number of halogens is 2. The number of hydroxylamine groups is 1. The van der Waals surface area contributed by atoms with Gasteiger partial charge < -0.3 is 20.1 Å². The summed E-state index contributed by atoms with van der Waals surface area (Å²) in [7, 11) is 1.68. The lowest BCUT2D eigenvalue weighted by atomic mass is 10.2. The zero-order chi connectivity index (χ0) is 19.6. The van der Waals surface area contributed by atoms with Crippen molar-refractivity contribution in [2.75, 3.05) is 11.9 Å². The summed E-state index contributed by atoms with van der Waals surface area (Å²) in [6, 6.07) is 8.01. The van der Waals surface area contributed by atoms with Crippen LogP contribution in [0.15, 0.2) is 36.5 Å². The molecule has 0 saturated carbocycles. The third kappa shape index (κ3) is 4.55. The van der Waals surface area contributed by atoms with E-state index in [0.717, 1.165) is 3.57 Å². The van der Waals surface area contributed by atoms with Gasteiger partial charge in [-0.05, 0) is 52.9 Å². The summed E-state index contributed by atoms with van der Waals surface area (Å²) in [4.78, 5) is 21.6. The van der Waals surface area contributed by atoms with E-state index in [0.29, 0.717) is 16.9 Å². The number of carbonyl (C=O) groups excluding carboxylic acids is 1. The summed E-state index contributed by atoms with van der Waals surface area (Å²) in [5.41, 5.74) is 2.92. The molecule has 2 aromatic heterocycles. The number of carbonyl (C=O) groups is 1. The van der Waals surface area contributed by atoms with Crippen molar-refractivity contribution in [3.63, 3.8) is 0 Å². The van der Waals surface area contributed by atoms with Crippen LogP contribution < -0.4 is 10.8 Å². The number of anilines is 2. The smallest absolute Gasteiger partial charge is 0.279 e. The van der Waals surface area contributed by atoms with Crippen molar-refractivity contribution in [2.45, 2.75) is 6.29 Å². The van der Waals surface area contributed by atoms with E-state index < -0.39 is 24.6 Å². The molecule has 0 aliphatic heterocycles. The maximum atomic E-state index is 14.3. The second-order valence-corrected chi connectivity index (χ2v) is 6.84. The van der Waals surface area contributed by atoms with Gasteiger partial charge >= 0.3 is 0 Å². The number of aliphatic hydroxyl groups is 2. The molecule has 4 N–H and O–H groups in total. The summed E-state index contributed by atoms with van der Waals surface area (Å²) in [6.07, 6.45) is 0.0118. The number of aryl methyl sites for hydroxylation is 1. The standard InChI is InChI=1S/C17H16FIN4O4.H2S/c1-23-15-10(3-2-6-20-15)14(17(26)22-27-13(25)8-24)16(23)21-12-5-4-9(19)7-11(12)18;/h2-7,13,21,24-25H,8H2,1H3,(H,22,26);1H2/t13-;/m0./s1. The van der Waals surface area contributed by atoms with E-state index in [9.17, 15) is 14.3 Å². The Morgan fingerprint density at radius 3 is 2.86 bits per heavy atom. The number of benzene rings is 1. The summed E-state index contributed by atoms with van der Waals surface area (Å²) in [6.45, 7) is -0.684. The lowest BCUT2D eigenvalue weighted by molar-refractivity contribution is -0.154. The van der Waals surface area contributed by atoms with E-state index in [1.807, 2.05) is 22.6 Å². The van der Waals surface area contributed by atoms with Gasteiger partial charge in [0, 0.05) is 22.2 Å². The third-order valence-corrected chi connectivity index (χ3v) is 4.47. The van der Waals surface area contributed by atoms with Crippen LogP contribution in [0.5, 0.6) is 0 Å². The Balaban J connectivity index is 0.00000280. The van der Waals surface area contributed by atoms with Gasteiger partial charge in [0.1, 0.15) is 17.3 Å². The van der Waals surface area contributed by atoms with Gasteiger partial charge in [0.25, 0.3) is 5.91 Å². The normalized spacial score (nSPS) is 11.8. The lowest BCUT2D eigenvalue weighted by Crippen LogP contribution is -2.31. The van der Waals surface area contributed by atoms with Gasteiger partial charge in [-0.2, -0.15) is 13.5 Å². The van der Waals surface area contributed by atoms with E-state index in [-0.39, 0.29) is 24.7 Å². The first-order chi connectivity index (χ1) is 12.9. The molecule has 1 atom stereocenters. The molecule has 0 aliphatic carbocycles. The number of aromatic nitrogens is 2. The van der Waals surface area contributed by atoms with Crippen LogP contribution in [0.4, 0.5) is 15.9 Å². The number of amides is 1. The van der Waals surface area contributed by atoms with E-state index in [1.165, 1.54) is 6.07 Å². The van der Waals surface area contributed by atoms with Crippen molar-refractivity contribution in [3.05, 3.63) is 51.5 Å². The Hall–Kier alpha value is -1.93. The Bertz CT molecular complexity index is 1000. The molecule has 2 heterocycles. The average Bonchev–Trinajstić information content (AvgIpc) is 2.94. The Labute approximate surface area is 180 Å². The maximum Gasteiger partial charge on any atom is 0.279 e. The van der Waals surface area contributed by atoms with Crippen LogP contribution in [0.1, 0.15) is 10.4 Å². The van der Waals surface area contributed by atoms with Crippen LogP contribution in [0.25, 0.3) is 11.0 Å². The fourth-order valence-corrected chi connectivity index (χ4v) is 3.02. The fraction of sp³-hybridized carbons (Fsp3) is 0.176. The summed E-state index contributed by atoms with van der Waals surface area (Å²) in [5.74, 6) is -0.864. The Kier molecular flexibility index (Phi) is 7.60. The summed E-state index contributed by atoms with van der Waals surface area (Å²) in [5, 5.41) is 21.5. The quantitative estimate of drug-likeness (QED) is 0.226. The molecule has 1 amide bonds. The Morgan fingerprint density at radius 2 is 2.18 bits per heavy atom. The van der Waals surface area contributed by atoms with Crippen LogP contribution in [-0.2, 0) is 11.9 Å². The Morgan fingerprint density at radius 1 is 1.43 bits per heavy atom. The molecule has 11 heteroatoms. The predicted molar refractivity (Wildman–Crippen MR) is 115 cm³/mol. The molecule has 0 radical (unpaired) electrons. The molecular weight excluding hydrogens is 502 g/mol. The highest BCUT2D eigenvalue weighted by molar-refractivity contribution is 14.1. The second kappa shape index (κ2) is 9.52. The molecule has 0 bridgehead atoms. The third-order valence-electron chi connectivity index (χ3n) is 3.80. The highest BCUT2D eigenvalue weighted by atomic mass is 127. The SMILES string of the molecule is Cn1c(Nc2ccc(I)cc2F)c(C(=O)NO[C@H](O)CO)c2cccnc21.S. The first-order valence-electron chi connectivity index (χ1n) is 7.82. The number of fused-ring (bicyclic) bond motifs is 1. The molecule has 0 unspecified atom stereocenters. The van der Waals surface area contributed by atoms with Crippen LogP contribution in [-0.4, -0.2) is 38.6 Å². The topological polar surface area (TPSA) is 109 Å². The minimum Gasteiger partial charge on any atom is -0.391 e. The van der Waals surface area contributed by atoms with E-state index in [2.05, 4.69) is 20.6 Å². The van der Waals surface area contributed by atoms with Gasteiger partial charge in [0.2, 0.25) is 6.29 Å². The minimum absolute atomic E-state index is 0. The fourth-order valence-electron chi connectivity index (χ4n) is 2.57. The predicted octanol–water partition coefficient (Wildman–Crippen LogP) is 2.15. The number of hydrogen-bond acceptors (Lipinski definition) is 6. The summed E-state index contributed by atoms with van der Waals surface area (Å²) < 4.78 is 16.6. The van der Waals surface area contributed by atoms with Gasteiger partial charge in [0.05, 0.1) is 17.9 Å². The van der Waals surface area contributed by atoms with Crippen molar-refractivity contribution in [3.8, 4) is 0 Å². The van der Waals surface area contributed by atoms with Gasteiger partial charge in [-0.15, -0.1) is 0 Å². The molecule has 150 valence electrons. The second-order valence-electron chi connectivity index (χ2n) is 5.59. The molecule has 3 aromatic rings. The van der Waals surface area contributed by atoms with Gasteiger partial charge in [-0.25, -0.2) is 19.7 Å². The number of pyridine rings is 1. The van der Waals surface area contributed by atoms with E-state index >= 15 is 0 Å². The molecule has 8 nitrogen and oxygen atoms in total. The van der Waals surface area contributed by atoms with Crippen molar-refractivity contribution in [1.29, 1.82) is 0 Å². The minimum atomic E-state index is -1.56. The van der Waals surface area contributed by atoms with Crippen molar-refractivity contribution >= 4 is 64.5 Å². The first-order valence-corrected chi connectivity index (χ1v) is 8.90. The number of aliphatic hydroxyl groups excluding tert-OH is 2. The summed E-state index contributed by atoms with van der Waals surface area (Å²) >= 11 is 2.00. The van der Waals surface area contributed by atoms with Crippen LogP contribution in [0.3, 0.4) is 0 Å². The molecular formula is C17H18FIN4O4S. The lowest BCUT2D eigenvalue weighted by Gasteiger charge is -2.13. The largest absolute Gasteiger partial charge is 0.391 e. The number of hydrogen-bond donors (Lipinski definition) is 4. The van der Waals surface area contributed by atoms with E-state index in [1.54, 1.807) is 42.1 Å². The molecule has 0 spiro atoms. The molecule has 0 aliphatic rings. The van der Waals surface area contributed by atoms with E-state index in [4.69, 9.17) is 5.11 Å². The van der Waals surface area contributed by atoms with Gasteiger partial charge in [-0.3, -0.25) is 4.79 Å². The monoisotopic (exact) mass is 520 g/mol. The van der Waals surface area contributed by atoms with Crippen LogP contribution in [0, 0.1) is 9.39 Å². The maximum absolute atomic E-state index is 14.3. The number of nitrogens with one attached hydrogen (secondary N) is 2. The van der Waals surface area contributed by atoms with Crippen molar-refractivity contribution < 1.29 is 24.2 Å². The molecule has 28 heavy (non-hydrogen) atoms. The van der Waals surface area contributed by atoms with Crippen LogP contribution in [0.2, 0.25) is 0 Å². The molecule has 0 saturated heterocycles. The van der Waals surface area contributed by atoms with Gasteiger partial charge in [0.15, 0.2) is 0 Å². The van der Waals surface area contributed by atoms with Crippen molar-refractivity contribution in [1.82, 2.24) is 15.0 Å². The first kappa shape index (κ1) is 22.4. The van der Waals surface area contributed by atoms with Crippen molar-refractivity contribution in [2.24, 2.45) is 7.05 Å². The zero-order valence-corrected chi connectivity index (χ0v) is 17.8. The zero-order valence-electron chi connectivity index (χ0n) is 14.6. The van der Waals surface area contributed by atoms with Crippen LogP contribution >= 0.6 is 36.1 Å². The molecule has 1 aromatic carbocycles. The number of rotatable bonds is 6. The molecule has 0 fully saturated rings. The highest BCUT2D eigenvalue weighted by Gasteiger charge is 2.23. The highest BCUT2D eigenvalue weighted by Crippen LogP contribution is 2.31.